The van der Waals surface area contributed by atoms with E-state index in [1.807, 2.05) is 0 Å². The summed E-state index contributed by atoms with van der Waals surface area (Å²) in [5, 5.41) is 3.61. The Morgan fingerprint density at radius 1 is 1.41 bits per heavy atom. The Labute approximate surface area is 105 Å². The van der Waals surface area contributed by atoms with E-state index in [2.05, 4.69) is 24.2 Å². The quantitative estimate of drug-likeness (QED) is 0.788. The Hall–Kier alpha value is -0.160. The first-order valence-corrected chi connectivity index (χ1v) is 6.87. The second-order valence-electron chi connectivity index (χ2n) is 5.43. The Balaban J connectivity index is 1.67. The predicted octanol–water partition coefficient (Wildman–Crippen LogP) is 0.722. The molecule has 2 aliphatic heterocycles. The summed E-state index contributed by atoms with van der Waals surface area (Å²) >= 11 is 0. The normalized spacial score (nSPS) is 33.5. The molecule has 4 heteroatoms. The first-order chi connectivity index (χ1) is 8.25. The number of ether oxygens (including phenoxy) is 2. The summed E-state index contributed by atoms with van der Waals surface area (Å²) in [6.07, 6.45) is 2.92. The second-order valence-corrected chi connectivity index (χ2v) is 5.43. The highest BCUT2D eigenvalue weighted by molar-refractivity contribution is 4.80. The summed E-state index contributed by atoms with van der Waals surface area (Å²) in [5.41, 5.74) is 0. The first kappa shape index (κ1) is 13.3. The molecule has 0 aromatic rings. The lowest BCUT2D eigenvalue weighted by Gasteiger charge is -2.35. The van der Waals surface area contributed by atoms with E-state index in [0.29, 0.717) is 6.04 Å². The molecule has 2 heterocycles. The SMILES string of the molecule is CC(NCC1COCCO1)C1CCCN(C)C1. The molecule has 4 nitrogen and oxygen atoms in total. The molecule has 1 N–H and O–H groups in total. The van der Waals surface area contributed by atoms with Crippen LogP contribution in [-0.2, 0) is 9.47 Å². The molecule has 2 fully saturated rings. The van der Waals surface area contributed by atoms with Gasteiger partial charge in [0.2, 0.25) is 0 Å². The van der Waals surface area contributed by atoms with Crippen molar-refractivity contribution in [2.24, 2.45) is 5.92 Å². The molecule has 100 valence electrons. The number of hydrogen-bond donors (Lipinski definition) is 1. The molecule has 3 unspecified atom stereocenters. The van der Waals surface area contributed by atoms with Crippen LogP contribution in [0, 0.1) is 5.92 Å². The molecule has 2 aliphatic rings. The Morgan fingerprint density at radius 2 is 2.29 bits per heavy atom. The molecule has 2 saturated heterocycles. The molecule has 0 spiro atoms. The number of hydrogen-bond acceptors (Lipinski definition) is 4. The molecular weight excluding hydrogens is 216 g/mol. The van der Waals surface area contributed by atoms with Gasteiger partial charge in [0.25, 0.3) is 0 Å². The monoisotopic (exact) mass is 242 g/mol. The topological polar surface area (TPSA) is 33.7 Å². The van der Waals surface area contributed by atoms with E-state index >= 15 is 0 Å². The number of nitrogens with zero attached hydrogens (tertiary/aromatic N) is 1. The standard InChI is InChI=1S/C13H26N2O2/c1-11(12-4-3-5-15(2)9-12)14-8-13-10-16-6-7-17-13/h11-14H,3-10H2,1-2H3. The molecule has 0 saturated carbocycles. The average molecular weight is 242 g/mol. The smallest absolute Gasteiger partial charge is 0.0933 e. The summed E-state index contributed by atoms with van der Waals surface area (Å²) < 4.78 is 11.0. The third kappa shape index (κ3) is 4.21. The second kappa shape index (κ2) is 6.69. The number of likely N-dealkylation sites (tertiary alicyclic amines) is 1. The lowest BCUT2D eigenvalue weighted by Crippen LogP contribution is -2.47. The molecule has 0 radical (unpaired) electrons. The molecule has 0 aromatic carbocycles. The van der Waals surface area contributed by atoms with Gasteiger partial charge in [-0.25, -0.2) is 0 Å². The fraction of sp³-hybridized carbons (Fsp3) is 1.00. The van der Waals surface area contributed by atoms with Crippen LogP contribution in [0.25, 0.3) is 0 Å². The van der Waals surface area contributed by atoms with Gasteiger partial charge in [0.15, 0.2) is 0 Å². The average Bonchev–Trinajstić information content (AvgIpc) is 2.37. The summed E-state index contributed by atoms with van der Waals surface area (Å²) in [7, 11) is 2.22. The van der Waals surface area contributed by atoms with E-state index in [-0.39, 0.29) is 6.10 Å². The van der Waals surface area contributed by atoms with Gasteiger partial charge in [-0.1, -0.05) is 0 Å². The van der Waals surface area contributed by atoms with E-state index in [0.717, 1.165) is 32.3 Å². The van der Waals surface area contributed by atoms with Gasteiger partial charge in [0.05, 0.1) is 25.9 Å². The summed E-state index contributed by atoms with van der Waals surface area (Å²) in [6, 6.07) is 0.572. The van der Waals surface area contributed by atoms with Crippen molar-refractivity contribution in [1.29, 1.82) is 0 Å². The summed E-state index contributed by atoms with van der Waals surface area (Å²) in [6.45, 7) is 7.92. The van der Waals surface area contributed by atoms with Crippen LogP contribution in [0.5, 0.6) is 0 Å². The van der Waals surface area contributed by atoms with Crippen LogP contribution in [0.15, 0.2) is 0 Å². The van der Waals surface area contributed by atoms with Crippen LogP contribution in [0.4, 0.5) is 0 Å². The molecule has 17 heavy (non-hydrogen) atoms. The minimum atomic E-state index is 0.243. The molecule has 0 aliphatic carbocycles. The van der Waals surface area contributed by atoms with Crippen LogP contribution < -0.4 is 5.32 Å². The zero-order valence-electron chi connectivity index (χ0n) is 11.2. The summed E-state index contributed by atoms with van der Waals surface area (Å²) in [5.74, 6) is 0.776. The maximum absolute atomic E-state index is 5.64. The number of rotatable bonds is 4. The van der Waals surface area contributed by atoms with Gasteiger partial charge in [-0.3, -0.25) is 0 Å². The largest absolute Gasteiger partial charge is 0.376 e. The zero-order chi connectivity index (χ0) is 12.1. The van der Waals surface area contributed by atoms with Crippen molar-refractivity contribution in [3.05, 3.63) is 0 Å². The molecule has 0 amide bonds. The highest BCUT2D eigenvalue weighted by atomic mass is 16.6. The van der Waals surface area contributed by atoms with E-state index in [1.165, 1.54) is 25.9 Å². The molecular formula is C13H26N2O2. The van der Waals surface area contributed by atoms with Gasteiger partial charge >= 0.3 is 0 Å². The van der Waals surface area contributed by atoms with E-state index in [1.54, 1.807) is 0 Å². The van der Waals surface area contributed by atoms with E-state index in [4.69, 9.17) is 9.47 Å². The number of piperidine rings is 1. The molecule has 0 aromatic heterocycles. The van der Waals surface area contributed by atoms with E-state index < -0.39 is 0 Å². The highest BCUT2D eigenvalue weighted by Gasteiger charge is 2.23. The maximum atomic E-state index is 5.64. The van der Waals surface area contributed by atoms with Gasteiger partial charge < -0.3 is 19.7 Å². The van der Waals surface area contributed by atoms with Crippen molar-refractivity contribution in [3.8, 4) is 0 Å². The van der Waals surface area contributed by atoms with Gasteiger partial charge in [-0.15, -0.1) is 0 Å². The molecule has 0 bridgehead atoms. The van der Waals surface area contributed by atoms with Gasteiger partial charge in [0, 0.05) is 19.1 Å². The van der Waals surface area contributed by atoms with Crippen molar-refractivity contribution < 1.29 is 9.47 Å². The van der Waals surface area contributed by atoms with Gasteiger partial charge in [0.1, 0.15) is 0 Å². The zero-order valence-corrected chi connectivity index (χ0v) is 11.2. The Morgan fingerprint density at radius 3 is 3.00 bits per heavy atom. The summed E-state index contributed by atoms with van der Waals surface area (Å²) in [4.78, 5) is 2.44. The van der Waals surface area contributed by atoms with Crippen LogP contribution in [0.2, 0.25) is 0 Å². The minimum absolute atomic E-state index is 0.243. The van der Waals surface area contributed by atoms with Crippen molar-refractivity contribution in [1.82, 2.24) is 10.2 Å². The molecule has 3 atom stereocenters. The first-order valence-electron chi connectivity index (χ1n) is 6.87. The van der Waals surface area contributed by atoms with Gasteiger partial charge in [-0.05, 0) is 39.3 Å². The van der Waals surface area contributed by atoms with Crippen molar-refractivity contribution in [2.75, 3.05) is 46.5 Å². The van der Waals surface area contributed by atoms with Crippen molar-refractivity contribution in [2.45, 2.75) is 31.9 Å². The van der Waals surface area contributed by atoms with Crippen LogP contribution >= 0.6 is 0 Å². The Bertz CT molecular complexity index is 219. The fourth-order valence-electron chi connectivity index (χ4n) is 2.75. The highest BCUT2D eigenvalue weighted by Crippen LogP contribution is 2.18. The van der Waals surface area contributed by atoms with E-state index in [9.17, 15) is 0 Å². The van der Waals surface area contributed by atoms with Crippen LogP contribution in [0.3, 0.4) is 0 Å². The maximum Gasteiger partial charge on any atom is 0.0933 e. The molecule has 2 rings (SSSR count). The third-order valence-electron chi connectivity index (χ3n) is 3.92. The van der Waals surface area contributed by atoms with Crippen LogP contribution in [-0.4, -0.2) is 63.5 Å². The third-order valence-corrected chi connectivity index (χ3v) is 3.92. The van der Waals surface area contributed by atoms with Crippen LogP contribution in [0.1, 0.15) is 19.8 Å². The Kier molecular flexibility index (Phi) is 5.22. The minimum Gasteiger partial charge on any atom is -0.376 e. The predicted molar refractivity (Wildman–Crippen MR) is 68.2 cm³/mol. The number of nitrogens with one attached hydrogen (secondary N) is 1. The van der Waals surface area contributed by atoms with Crippen molar-refractivity contribution in [3.63, 3.8) is 0 Å². The van der Waals surface area contributed by atoms with Crippen molar-refractivity contribution >= 4 is 0 Å². The lowest BCUT2D eigenvalue weighted by atomic mass is 9.92. The fourth-order valence-corrected chi connectivity index (χ4v) is 2.75. The van der Waals surface area contributed by atoms with Gasteiger partial charge in [-0.2, -0.15) is 0 Å². The lowest BCUT2D eigenvalue weighted by molar-refractivity contribution is -0.0875.